The number of H-pyrrole nitrogens is 1. The molecule has 5 rings (SSSR count). The van der Waals surface area contributed by atoms with Crippen molar-refractivity contribution in [2.24, 2.45) is 0 Å². The van der Waals surface area contributed by atoms with E-state index in [4.69, 9.17) is 4.98 Å². The van der Waals surface area contributed by atoms with Crippen LogP contribution >= 0.6 is 0 Å². The Morgan fingerprint density at radius 1 is 0.818 bits per heavy atom. The fraction of sp³-hybridized carbons (Fsp3) is 0.192. The molecule has 0 aliphatic carbocycles. The van der Waals surface area contributed by atoms with Gasteiger partial charge in [0.25, 0.3) is 0 Å². The molecule has 0 atom stereocenters. The molecule has 33 heavy (non-hydrogen) atoms. The number of imidazole rings is 1. The van der Waals surface area contributed by atoms with Crippen molar-refractivity contribution in [3.63, 3.8) is 0 Å². The summed E-state index contributed by atoms with van der Waals surface area (Å²) < 4.78 is 27.8. The lowest BCUT2D eigenvalue weighted by molar-refractivity contribution is 0.245. The molecule has 2 heterocycles. The van der Waals surface area contributed by atoms with Crippen LogP contribution in [0.25, 0.3) is 22.5 Å². The number of aromatic nitrogens is 2. The molecule has 3 aromatic carbocycles. The molecule has 4 aromatic rings. The molecule has 0 radical (unpaired) electrons. The molecule has 0 amide bonds. The van der Waals surface area contributed by atoms with Gasteiger partial charge in [-0.05, 0) is 36.4 Å². The van der Waals surface area contributed by atoms with Gasteiger partial charge in [0.2, 0.25) is 0 Å². The van der Waals surface area contributed by atoms with Crippen molar-refractivity contribution in [3.8, 4) is 28.3 Å². The molecule has 168 valence electrons. The second-order valence-corrected chi connectivity index (χ2v) is 8.21. The van der Waals surface area contributed by atoms with Gasteiger partial charge in [0.1, 0.15) is 23.2 Å². The second kappa shape index (κ2) is 9.03. The topological polar surface area (TPSA) is 55.4 Å². The number of phenols is 1. The van der Waals surface area contributed by atoms with Crippen LogP contribution in [0.15, 0.2) is 72.8 Å². The van der Waals surface area contributed by atoms with E-state index in [1.807, 2.05) is 18.2 Å². The number of hydrogen-bond acceptors (Lipinski definition) is 4. The number of nitrogens with zero attached hydrogens (tertiary/aromatic N) is 3. The number of aromatic amines is 1. The lowest BCUT2D eigenvalue weighted by Crippen LogP contribution is -2.46. The van der Waals surface area contributed by atoms with Gasteiger partial charge in [-0.15, -0.1) is 0 Å². The minimum atomic E-state index is -0.342. The van der Waals surface area contributed by atoms with E-state index in [1.165, 1.54) is 24.3 Å². The van der Waals surface area contributed by atoms with Gasteiger partial charge in [-0.25, -0.2) is 13.8 Å². The molecule has 0 bridgehead atoms. The Balaban J connectivity index is 1.37. The van der Waals surface area contributed by atoms with Crippen molar-refractivity contribution >= 4 is 5.69 Å². The first-order valence-electron chi connectivity index (χ1n) is 10.9. The zero-order chi connectivity index (χ0) is 22.8. The second-order valence-electron chi connectivity index (χ2n) is 8.21. The summed E-state index contributed by atoms with van der Waals surface area (Å²) in [6.07, 6.45) is 0. The van der Waals surface area contributed by atoms with Crippen molar-refractivity contribution in [1.29, 1.82) is 0 Å². The number of piperazine rings is 1. The smallest absolute Gasteiger partial charge is 0.123 e. The van der Waals surface area contributed by atoms with Gasteiger partial charge >= 0.3 is 0 Å². The van der Waals surface area contributed by atoms with E-state index >= 15 is 0 Å². The summed E-state index contributed by atoms with van der Waals surface area (Å²) in [5.41, 5.74) is 3.60. The fourth-order valence-corrected chi connectivity index (χ4v) is 4.26. The third-order valence-corrected chi connectivity index (χ3v) is 5.90. The number of benzene rings is 3. The monoisotopic (exact) mass is 446 g/mol. The third-order valence-electron chi connectivity index (χ3n) is 5.90. The molecular formula is C26H24F2N4O. The first-order chi connectivity index (χ1) is 16.0. The summed E-state index contributed by atoms with van der Waals surface area (Å²) in [6, 6.07) is 19.9. The molecule has 1 aliphatic rings. The number of anilines is 1. The van der Waals surface area contributed by atoms with Crippen molar-refractivity contribution in [2.75, 3.05) is 31.1 Å². The molecule has 7 heteroatoms. The predicted molar refractivity (Wildman–Crippen MR) is 125 cm³/mol. The Hall–Kier alpha value is -3.71. The number of rotatable bonds is 5. The molecule has 1 fully saturated rings. The Kier molecular flexibility index (Phi) is 5.79. The maximum absolute atomic E-state index is 13.9. The summed E-state index contributed by atoms with van der Waals surface area (Å²) in [4.78, 5) is 12.7. The molecule has 1 saturated heterocycles. The summed E-state index contributed by atoms with van der Waals surface area (Å²) in [7, 11) is 0. The first-order valence-corrected chi connectivity index (χ1v) is 10.9. The van der Waals surface area contributed by atoms with Gasteiger partial charge in [-0.3, -0.25) is 4.90 Å². The Bertz CT molecular complexity index is 1200. The highest BCUT2D eigenvalue weighted by molar-refractivity contribution is 5.78. The van der Waals surface area contributed by atoms with E-state index < -0.39 is 0 Å². The van der Waals surface area contributed by atoms with E-state index in [2.05, 4.69) is 14.8 Å². The Morgan fingerprint density at radius 2 is 1.48 bits per heavy atom. The standard InChI is InChI=1S/C26H24F2N4O/c27-20-6-1-4-18(14-20)25-26(19-5-2-7-21(28)15-19)30-24(29-25)17-31-10-12-32(13-11-31)22-8-3-9-23(33)16-22/h1-9,14-16,33H,10-13,17H2,(H,29,30). The summed E-state index contributed by atoms with van der Waals surface area (Å²) in [5, 5.41) is 9.74. The molecule has 1 aromatic heterocycles. The molecule has 0 saturated carbocycles. The normalized spacial score (nSPS) is 14.5. The molecule has 2 N–H and O–H groups in total. The van der Waals surface area contributed by atoms with Crippen molar-refractivity contribution in [1.82, 2.24) is 14.9 Å². The number of hydrogen-bond donors (Lipinski definition) is 2. The van der Waals surface area contributed by atoms with E-state index in [0.29, 0.717) is 29.1 Å². The highest BCUT2D eigenvalue weighted by atomic mass is 19.1. The first kappa shape index (κ1) is 21.2. The average molecular weight is 447 g/mol. The Labute approximate surface area is 190 Å². The van der Waals surface area contributed by atoms with Crippen LogP contribution in [0.4, 0.5) is 14.5 Å². The van der Waals surface area contributed by atoms with E-state index in [9.17, 15) is 13.9 Å². The van der Waals surface area contributed by atoms with Crippen molar-refractivity contribution in [3.05, 3.63) is 90.3 Å². The quantitative estimate of drug-likeness (QED) is 0.451. The van der Waals surface area contributed by atoms with Crippen LogP contribution in [0, 0.1) is 11.6 Å². The Morgan fingerprint density at radius 3 is 2.18 bits per heavy atom. The number of aromatic hydroxyl groups is 1. The third kappa shape index (κ3) is 4.73. The minimum Gasteiger partial charge on any atom is -0.508 e. The number of halogens is 2. The fourth-order valence-electron chi connectivity index (χ4n) is 4.26. The highest BCUT2D eigenvalue weighted by Crippen LogP contribution is 2.31. The zero-order valence-electron chi connectivity index (χ0n) is 18.0. The van der Waals surface area contributed by atoms with Gasteiger partial charge in [-0.2, -0.15) is 0 Å². The van der Waals surface area contributed by atoms with Gasteiger partial charge in [0.05, 0.1) is 17.9 Å². The molecule has 5 nitrogen and oxygen atoms in total. The van der Waals surface area contributed by atoms with Crippen LogP contribution in [0.1, 0.15) is 5.82 Å². The predicted octanol–water partition coefficient (Wildman–Crippen LogP) is 5.05. The van der Waals surface area contributed by atoms with Crippen LogP contribution in [0.5, 0.6) is 5.75 Å². The van der Waals surface area contributed by atoms with Crippen molar-refractivity contribution < 1.29 is 13.9 Å². The maximum Gasteiger partial charge on any atom is 0.123 e. The van der Waals surface area contributed by atoms with Gasteiger partial charge in [-0.1, -0.05) is 30.3 Å². The number of nitrogens with one attached hydrogen (secondary N) is 1. The van der Waals surface area contributed by atoms with Crippen LogP contribution in [0.2, 0.25) is 0 Å². The van der Waals surface area contributed by atoms with E-state index in [-0.39, 0.29) is 17.4 Å². The van der Waals surface area contributed by atoms with Crippen LogP contribution < -0.4 is 4.90 Å². The lowest BCUT2D eigenvalue weighted by Gasteiger charge is -2.35. The van der Waals surface area contributed by atoms with Crippen LogP contribution in [0.3, 0.4) is 0 Å². The van der Waals surface area contributed by atoms with Crippen molar-refractivity contribution in [2.45, 2.75) is 6.54 Å². The maximum atomic E-state index is 13.9. The van der Waals surface area contributed by atoms with Gasteiger partial charge in [0, 0.05) is 49.1 Å². The van der Waals surface area contributed by atoms with Crippen LogP contribution in [-0.4, -0.2) is 46.2 Å². The molecule has 1 aliphatic heterocycles. The largest absolute Gasteiger partial charge is 0.508 e. The highest BCUT2D eigenvalue weighted by Gasteiger charge is 2.21. The van der Waals surface area contributed by atoms with E-state index in [1.54, 1.807) is 30.3 Å². The number of phenolic OH excluding ortho intramolecular Hbond substituents is 1. The van der Waals surface area contributed by atoms with Crippen LogP contribution in [-0.2, 0) is 6.54 Å². The molecular weight excluding hydrogens is 422 g/mol. The SMILES string of the molecule is Oc1cccc(N2CCN(Cc3nc(-c4cccc(F)c4)c(-c4cccc(F)c4)[nH]3)CC2)c1. The average Bonchev–Trinajstić information content (AvgIpc) is 3.23. The van der Waals surface area contributed by atoms with E-state index in [0.717, 1.165) is 37.7 Å². The van der Waals surface area contributed by atoms with Gasteiger partial charge in [0.15, 0.2) is 0 Å². The molecule has 0 spiro atoms. The summed E-state index contributed by atoms with van der Waals surface area (Å²) in [6.45, 7) is 3.93. The summed E-state index contributed by atoms with van der Waals surface area (Å²) >= 11 is 0. The molecule has 0 unspecified atom stereocenters. The van der Waals surface area contributed by atoms with Gasteiger partial charge < -0.3 is 15.0 Å². The minimum absolute atomic E-state index is 0.264. The lowest BCUT2D eigenvalue weighted by atomic mass is 10.0. The summed E-state index contributed by atoms with van der Waals surface area (Å²) in [5.74, 6) is 0.335. The zero-order valence-corrected chi connectivity index (χ0v) is 18.0.